The first-order valence-corrected chi connectivity index (χ1v) is 9.08. The molecule has 0 unspecified atom stereocenters. The van der Waals surface area contributed by atoms with Gasteiger partial charge in [0.2, 0.25) is 0 Å². The molecule has 4 atom stereocenters. The van der Waals surface area contributed by atoms with E-state index in [4.69, 9.17) is 14.2 Å². The van der Waals surface area contributed by atoms with Gasteiger partial charge in [-0.15, -0.1) is 0 Å². The highest BCUT2D eigenvalue weighted by Gasteiger charge is 2.44. The fourth-order valence-corrected chi connectivity index (χ4v) is 3.21. The molecule has 0 N–H and O–H groups in total. The fourth-order valence-electron chi connectivity index (χ4n) is 2.80. The largest absolute Gasteiger partial charge is 0.461 e. The average Bonchev–Trinajstić information content (AvgIpc) is 2.54. The van der Waals surface area contributed by atoms with E-state index in [9.17, 15) is 14.9 Å². The number of carbonyl (C=O) groups excluding carboxylic acids is 1. The Hall–Kier alpha value is -1.51. The van der Waals surface area contributed by atoms with E-state index in [1.165, 1.54) is 0 Å². The van der Waals surface area contributed by atoms with Crippen LogP contribution in [0.3, 0.4) is 0 Å². The standard InChI is InChI=1S/C17H22BrNO6/c1-3-23-17(20)15(19(21)22)16(12-7-5-8-13(18)10-12)25-14-9-4-6-11(2)24-14/h5,7-8,10-11,14-16H,3-4,6,9H2,1-2H3/t11-,14+,15-,16+/m0/s1. The van der Waals surface area contributed by atoms with Crippen molar-refractivity contribution in [2.24, 2.45) is 0 Å². The maximum Gasteiger partial charge on any atom is 0.384 e. The van der Waals surface area contributed by atoms with Crippen LogP contribution in [0.5, 0.6) is 0 Å². The molecule has 1 aromatic carbocycles. The maximum absolute atomic E-state index is 12.2. The number of hydrogen-bond donors (Lipinski definition) is 0. The Balaban J connectivity index is 2.32. The van der Waals surface area contributed by atoms with Gasteiger partial charge in [-0.3, -0.25) is 10.1 Å². The van der Waals surface area contributed by atoms with E-state index in [2.05, 4.69) is 15.9 Å². The molecular formula is C17H22BrNO6. The Kier molecular flexibility index (Phi) is 7.34. The van der Waals surface area contributed by atoms with Gasteiger partial charge in [0.15, 0.2) is 12.4 Å². The lowest BCUT2D eigenvalue weighted by atomic mass is 10.0. The number of benzene rings is 1. The minimum Gasteiger partial charge on any atom is -0.461 e. The Bertz CT molecular complexity index is 611. The van der Waals surface area contributed by atoms with Crippen LogP contribution in [0.15, 0.2) is 28.7 Å². The van der Waals surface area contributed by atoms with Crippen LogP contribution in [0, 0.1) is 10.1 Å². The summed E-state index contributed by atoms with van der Waals surface area (Å²) in [5.41, 5.74) is 0.519. The highest BCUT2D eigenvalue weighted by Crippen LogP contribution is 2.31. The molecule has 1 aliphatic rings. The van der Waals surface area contributed by atoms with E-state index in [1.807, 2.05) is 6.92 Å². The second kappa shape index (κ2) is 9.26. The lowest BCUT2D eigenvalue weighted by Crippen LogP contribution is -2.41. The van der Waals surface area contributed by atoms with Crippen LogP contribution in [0.25, 0.3) is 0 Å². The van der Waals surface area contributed by atoms with Gasteiger partial charge < -0.3 is 14.2 Å². The zero-order valence-corrected chi connectivity index (χ0v) is 15.8. The summed E-state index contributed by atoms with van der Waals surface area (Å²) < 4.78 is 17.3. The van der Waals surface area contributed by atoms with Crippen LogP contribution >= 0.6 is 15.9 Å². The third kappa shape index (κ3) is 5.49. The van der Waals surface area contributed by atoms with Gasteiger partial charge in [-0.05, 0) is 50.8 Å². The summed E-state index contributed by atoms with van der Waals surface area (Å²) in [5, 5.41) is 11.6. The third-order valence-corrected chi connectivity index (χ3v) is 4.45. The highest BCUT2D eigenvalue weighted by molar-refractivity contribution is 9.10. The Labute approximate surface area is 154 Å². The van der Waals surface area contributed by atoms with Crippen molar-refractivity contribution < 1.29 is 23.9 Å². The van der Waals surface area contributed by atoms with Crippen LogP contribution in [0.4, 0.5) is 0 Å². The van der Waals surface area contributed by atoms with Crippen molar-refractivity contribution in [2.75, 3.05) is 6.61 Å². The molecule has 1 saturated heterocycles. The fraction of sp³-hybridized carbons (Fsp3) is 0.588. The van der Waals surface area contributed by atoms with E-state index in [0.717, 1.165) is 17.3 Å². The van der Waals surface area contributed by atoms with Crippen LogP contribution in [-0.4, -0.2) is 35.9 Å². The quantitative estimate of drug-likeness (QED) is 0.383. The van der Waals surface area contributed by atoms with Crippen molar-refractivity contribution in [3.8, 4) is 0 Å². The van der Waals surface area contributed by atoms with Gasteiger partial charge >= 0.3 is 12.0 Å². The highest BCUT2D eigenvalue weighted by atomic mass is 79.9. The predicted molar refractivity (Wildman–Crippen MR) is 93.6 cm³/mol. The van der Waals surface area contributed by atoms with E-state index in [1.54, 1.807) is 31.2 Å². The number of halogens is 1. The number of esters is 1. The molecule has 0 saturated carbocycles. The van der Waals surface area contributed by atoms with Crippen molar-refractivity contribution in [1.29, 1.82) is 0 Å². The molecule has 2 rings (SSSR count). The number of nitro groups is 1. The summed E-state index contributed by atoms with van der Waals surface area (Å²) in [6.45, 7) is 3.60. The molecule has 0 spiro atoms. The second-order valence-electron chi connectivity index (χ2n) is 5.90. The van der Waals surface area contributed by atoms with E-state index in [-0.39, 0.29) is 12.7 Å². The number of rotatable bonds is 7. The summed E-state index contributed by atoms with van der Waals surface area (Å²) in [5.74, 6) is -0.915. The summed E-state index contributed by atoms with van der Waals surface area (Å²) in [7, 11) is 0. The zero-order valence-electron chi connectivity index (χ0n) is 14.2. The molecule has 0 aliphatic carbocycles. The molecule has 0 radical (unpaired) electrons. The van der Waals surface area contributed by atoms with Gasteiger partial charge in [-0.1, -0.05) is 28.1 Å². The Morgan fingerprint density at radius 1 is 1.48 bits per heavy atom. The van der Waals surface area contributed by atoms with Crippen molar-refractivity contribution in [1.82, 2.24) is 0 Å². The van der Waals surface area contributed by atoms with Crippen molar-refractivity contribution in [3.63, 3.8) is 0 Å². The maximum atomic E-state index is 12.2. The van der Waals surface area contributed by atoms with Gasteiger partial charge in [0.05, 0.1) is 12.7 Å². The van der Waals surface area contributed by atoms with E-state index >= 15 is 0 Å². The van der Waals surface area contributed by atoms with Crippen LogP contribution in [-0.2, 0) is 19.0 Å². The number of carbonyl (C=O) groups is 1. The SMILES string of the molecule is CCOC(=O)[C@H]([C@H](O[C@@H]1CCC[C@H](C)O1)c1cccc(Br)c1)[N+](=O)[O-]. The number of hydrogen-bond acceptors (Lipinski definition) is 6. The average molecular weight is 416 g/mol. The van der Waals surface area contributed by atoms with Gasteiger partial charge in [0.25, 0.3) is 0 Å². The molecular weight excluding hydrogens is 394 g/mol. The van der Waals surface area contributed by atoms with Crippen LogP contribution in [0.1, 0.15) is 44.8 Å². The molecule has 0 bridgehead atoms. The molecule has 0 aromatic heterocycles. The van der Waals surface area contributed by atoms with Gasteiger partial charge in [-0.2, -0.15) is 0 Å². The second-order valence-corrected chi connectivity index (χ2v) is 6.82. The van der Waals surface area contributed by atoms with E-state index in [0.29, 0.717) is 12.0 Å². The molecule has 7 nitrogen and oxygen atoms in total. The summed E-state index contributed by atoms with van der Waals surface area (Å²) in [4.78, 5) is 23.1. The summed E-state index contributed by atoms with van der Waals surface area (Å²) in [6, 6.07) is 5.27. The lowest BCUT2D eigenvalue weighted by Gasteiger charge is -2.31. The van der Waals surface area contributed by atoms with E-state index < -0.39 is 29.3 Å². The topological polar surface area (TPSA) is 87.9 Å². The summed E-state index contributed by atoms with van der Waals surface area (Å²) in [6.07, 6.45) is 0.768. The Morgan fingerprint density at radius 3 is 2.84 bits per heavy atom. The minimum atomic E-state index is -1.66. The molecule has 1 aliphatic heterocycles. The molecule has 138 valence electrons. The molecule has 1 aromatic rings. The smallest absolute Gasteiger partial charge is 0.384 e. The van der Waals surface area contributed by atoms with Gasteiger partial charge in [0, 0.05) is 9.40 Å². The normalized spacial score (nSPS) is 22.8. The van der Waals surface area contributed by atoms with Crippen molar-refractivity contribution in [3.05, 3.63) is 44.4 Å². The van der Waals surface area contributed by atoms with Crippen LogP contribution < -0.4 is 0 Å². The van der Waals surface area contributed by atoms with Gasteiger partial charge in [-0.25, -0.2) is 4.79 Å². The third-order valence-electron chi connectivity index (χ3n) is 3.95. The molecule has 0 amide bonds. The minimum absolute atomic E-state index is 0.0126. The monoisotopic (exact) mass is 415 g/mol. The van der Waals surface area contributed by atoms with Crippen molar-refractivity contribution in [2.45, 2.75) is 57.6 Å². The predicted octanol–water partition coefficient (Wildman–Crippen LogP) is 3.63. The first-order chi connectivity index (χ1) is 11.9. The number of ether oxygens (including phenoxy) is 3. The Morgan fingerprint density at radius 2 is 2.24 bits per heavy atom. The summed E-state index contributed by atoms with van der Waals surface area (Å²) >= 11 is 3.35. The van der Waals surface area contributed by atoms with Crippen molar-refractivity contribution >= 4 is 21.9 Å². The molecule has 25 heavy (non-hydrogen) atoms. The van der Waals surface area contributed by atoms with Crippen LogP contribution in [0.2, 0.25) is 0 Å². The first kappa shape index (κ1) is 19.8. The first-order valence-electron chi connectivity index (χ1n) is 8.29. The molecule has 8 heteroatoms. The lowest BCUT2D eigenvalue weighted by molar-refractivity contribution is -0.527. The molecule has 1 fully saturated rings. The zero-order chi connectivity index (χ0) is 18.4. The van der Waals surface area contributed by atoms with Gasteiger partial charge in [0.1, 0.15) is 0 Å². The number of nitrogens with zero attached hydrogens (tertiary/aromatic N) is 1. The molecule has 1 heterocycles.